The standard InChI is InChI=1S/C14H16N2O3/c15-12-5-4-10(7-12)13(17)16-8-9-2-1-3-11(6-9)14(18)19/h1-6,10,12H,7-8,15H2,(H,16,17)(H,18,19). The van der Waals surface area contributed by atoms with Crippen molar-refractivity contribution >= 4 is 11.9 Å². The third-order valence-corrected chi connectivity index (χ3v) is 3.09. The van der Waals surface area contributed by atoms with E-state index in [1.54, 1.807) is 18.2 Å². The van der Waals surface area contributed by atoms with Crippen LogP contribution in [0.2, 0.25) is 0 Å². The second-order valence-electron chi connectivity index (χ2n) is 4.61. The van der Waals surface area contributed by atoms with Crippen molar-refractivity contribution in [2.45, 2.75) is 19.0 Å². The molecular formula is C14H16N2O3. The van der Waals surface area contributed by atoms with E-state index < -0.39 is 5.97 Å². The first-order valence-electron chi connectivity index (χ1n) is 6.10. The molecule has 5 heteroatoms. The summed E-state index contributed by atoms with van der Waals surface area (Å²) < 4.78 is 0. The van der Waals surface area contributed by atoms with Crippen molar-refractivity contribution in [3.8, 4) is 0 Å². The minimum absolute atomic E-state index is 0.0499. The summed E-state index contributed by atoms with van der Waals surface area (Å²) in [6, 6.07) is 6.47. The molecule has 2 rings (SSSR count). The Kier molecular flexibility index (Phi) is 3.97. The van der Waals surface area contributed by atoms with E-state index in [-0.39, 0.29) is 23.4 Å². The van der Waals surface area contributed by atoms with Crippen LogP contribution in [0.15, 0.2) is 36.4 Å². The van der Waals surface area contributed by atoms with E-state index in [0.29, 0.717) is 13.0 Å². The van der Waals surface area contributed by atoms with Crippen LogP contribution in [-0.4, -0.2) is 23.0 Å². The van der Waals surface area contributed by atoms with Gasteiger partial charge in [0.05, 0.1) is 11.5 Å². The van der Waals surface area contributed by atoms with Gasteiger partial charge in [0.2, 0.25) is 5.91 Å². The molecule has 1 aliphatic rings. The average molecular weight is 260 g/mol. The fourth-order valence-corrected chi connectivity index (χ4v) is 2.06. The maximum Gasteiger partial charge on any atom is 0.335 e. The summed E-state index contributed by atoms with van der Waals surface area (Å²) in [6.45, 7) is 0.319. The fourth-order valence-electron chi connectivity index (χ4n) is 2.06. The lowest BCUT2D eigenvalue weighted by molar-refractivity contribution is -0.123. The molecule has 0 radical (unpaired) electrons. The summed E-state index contributed by atoms with van der Waals surface area (Å²) in [5.41, 5.74) is 6.67. The van der Waals surface area contributed by atoms with Crippen molar-refractivity contribution in [3.63, 3.8) is 0 Å². The number of hydrogen-bond acceptors (Lipinski definition) is 3. The number of hydrogen-bond donors (Lipinski definition) is 3. The van der Waals surface area contributed by atoms with Gasteiger partial charge in [-0.3, -0.25) is 4.79 Å². The van der Waals surface area contributed by atoms with E-state index in [4.69, 9.17) is 10.8 Å². The second-order valence-corrected chi connectivity index (χ2v) is 4.61. The van der Waals surface area contributed by atoms with Crippen LogP contribution >= 0.6 is 0 Å². The summed E-state index contributed by atoms with van der Waals surface area (Å²) in [5.74, 6) is -1.24. The molecule has 0 heterocycles. The SMILES string of the molecule is NC1C=CC(C(=O)NCc2cccc(C(=O)O)c2)C1. The number of nitrogens with two attached hydrogens (primary N) is 1. The molecule has 0 bridgehead atoms. The van der Waals surface area contributed by atoms with Gasteiger partial charge in [-0.05, 0) is 24.1 Å². The van der Waals surface area contributed by atoms with Gasteiger partial charge < -0.3 is 16.2 Å². The maximum absolute atomic E-state index is 11.8. The van der Waals surface area contributed by atoms with E-state index in [0.717, 1.165) is 5.56 Å². The van der Waals surface area contributed by atoms with Gasteiger partial charge in [0.15, 0.2) is 0 Å². The van der Waals surface area contributed by atoms with Crippen molar-refractivity contribution in [1.82, 2.24) is 5.32 Å². The van der Waals surface area contributed by atoms with Crippen LogP contribution in [0.3, 0.4) is 0 Å². The first-order valence-corrected chi connectivity index (χ1v) is 6.10. The van der Waals surface area contributed by atoms with Crippen molar-refractivity contribution in [2.24, 2.45) is 11.7 Å². The van der Waals surface area contributed by atoms with Crippen LogP contribution in [0.1, 0.15) is 22.3 Å². The first-order chi connectivity index (χ1) is 9.06. The summed E-state index contributed by atoms with van der Waals surface area (Å²) in [7, 11) is 0. The van der Waals surface area contributed by atoms with E-state index in [1.165, 1.54) is 6.07 Å². The Morgan fingerprint density at radius 2 is 2.16 bits per heavy atom. The van der Waals surface area contributed by atoms with Gasteiger partial charge in [-0.2, -0.15) is 0 Å². The zero-order valence-electron chi connectivity index (χ0n) is 10.4. The third-order valence-electron chi connectivity index (χ3n) is 3.09. The van der Waals surface area contributed by atoms with Crippen LogP contribution in [-0.2, 0) is 11.3 Å². The highest BCUT2D eigenvalue weighted by Gasteiger charge is 2.22. The topological polar surface area (TPSA) is 92.4 Å². The minimum Gasteiger partial charge on any atom is -0.478 e. The highest BCUT2D eigenvalue weighted by Crippen LogP contribution is 2.16. The summed E-state index contributed by atoms with van der Waals surface area (Å²) in [5, 5.41) is 11.7. The van der Waals surface area contributed by atoms with Gasteiger partial charge in [0, 0.05) is 12.6 Å². The number of carboxylic acid groups (broad SMARTS) is 1. The summed E-state index contributed by atoms with van der Waals surface area (Å²) in [6.07, 6.45) is 4.27. The van der Waals surface area contributed by atoms with Crippen molar-refractivity contribution in [1.29, 1.82) is 0 Å². The molecule has 4 N–H and O–H groups in total. The number of amides is 1. The lowest BCUT2D eigenvalue weighted by Crippen LogP contribution is -2.30. The third kappa shape index (κ3) is 3.42. The molecule has 1 aromatic rings. The number of benzene rings is 1. The molecule has 0 aliphatic heterocycles. The molecule has 0 aromatic heterocycles. The molecule has 0 spiro atoms. The molecule has 0 saturated heterocycles. The smallest absolute Gasteiger partial charge is 0.335 e. The van der Waals surface area contributed by atoms with Gasteiger partial charge in [0.1, 0.15) is 0 Å². The molecule has 1 amide bonds. The largest absolute Gasteiger partial charge is 0.478 e. The van der Waals surface area contributed by atoms with Gasteiger partial charge in [-0.1, -0.05) is 24.3 Å². The fraction of sp³-hybridized carbons (Fsp3) is 0.286. The highest BCUT2D eigenvalue weighted by atomic mass is 16.4. The van der Waals surface area contributed by atoms with Crippen molar-refractivity contribution in [2.75, 3.05) is 0 Å². The molecule has 1 aromatic carbocycles. The van der Waals surface area contributed by atoms with Gasteiger partial charge >= 0.3 is 5.97 Å². The Morgan fingerprint density at radius 1 is 1.37 bits per heavy atom. The van der Waals surface area contributed by atoms with Crippen molar-refractivity contribution in [3.05, 3.63) is 47.5 Å². The normalized spacial score (nSPS) is 21.3. The lowest BCUT2D eigenvalue weighted by Gasteiger charge is -2.10. The van der Waals surface area contributed by atoms with E-state index in [2.05, 4.69) is 5.32 Å². The Labute approximate surface area is 111 Å². The van der Waals surface area contributed by atoms with Crippen LogP contribution < -0.4 is 11.1 Å². The molecular weight excluding hydrogens is 244 g/mol. The Bertz CT molecular complexity index is 525. The first kappa shape index (κ1) is 13.3. The minimum atomic E-state index is -0.974. The molecule has 5 nitrogen and oxygen atoms in total. The monoisotopic (exact) mass is 260 g/mol. The number of carbonyl (C=O) groups is 2. The highest BCUT2D eigenvalue weighted by molar-refractivity contribution is 5.87. The zero-order valence-corrected chi connectivity index (χ0v) is 10.4. The number of aromatic carboxylic acids is 1. The zero-order chi connectivity index (χ0) is 13.8. The molecule has 2 atom stereocenters. The predicted octanol–water partition coefficient (Wildman–Crippen LogP) is 0.904. The van der Waals surface area contributed by atoms with Gasteiger partial charge in [-0.25, -0.2) is 4.79 Å². The molecule has 19 heavy (non-hydrogen) atoms. The van der Waals surface area contributed by atoms with Crippen LogP contribution in [0.4, 0.5) is 0 Å². The molecule has 1 aliphatic carbocycles. The summed E-state index contributed by atoms with van der Waals surface area (Å²) >= 11 is 0. The summed E-state index contributed by atoms with van der Waals surface area (Å²) in [4.78, 5) is 22.7. The van der Waals surface area contributed by atoms with E-state index in [9.17, 15) is 9.59 Å². The van der Waals surface area contributed by atoms with Gasteiger partial charge in [0.25, 0.3) is 0 Å². The van der Waals surface area contributed by atoms with Crippen LogP contribution in [0.25, 0.3) is 0 Å². The predicted molar refractivity (Wildman–Crippen MR) is 70.5 cm³/mol. The number of rotatable bonds is 4. The maximum atomic E-state index is 11.8. The number of carboxylic acids is 1. The molecule has 100 valence electrons. The Morgan fingerprint density at radius 3 is 2.79 bits per heavy atom. The van der Waals surface area contributed by atoms with Crippen LogP contribution in [0, 0.1) is 5.92 Å². The van der Waals surface area contributed by atoms with Crippen molar-refractivity contribution < 1.29 is 14.7 Å². The number of carbonyl (C=O) groups excluding carboxylic acids is 1. The molecule has 2 unspecified atom stereocenters. The molecule has 0 saturated carbocycles. The second kappa shape index (κ2) is 5.67. The average Bonchev–Trinajstić information content (AvgIpc) is 2.83. The quantitative estimate of drug-likeness (QED) is 0.701. The Hall–Kier alpha value is -2.14. The van der Waals surface area contributed by atoms with Crippen LogP contribution in [0.5, 0.6) is 0 Å². The Balaban J connectivity index is 1.92. The lowest BCUT2D eigenvalue weighted by atomic mass is 10.1. The van der Waals surface area contributed by atoms with E-state index >= 15 is 0 Å². The van der Waals surface area contributed by atoms with E-state index in [1.807, 2.05) is 12.2 Å². The molecule has 0 fully saturated rings. The van der Waals surface area contributed by atoms with Gasteiger partial charge in [-0.15, -0.1) is 0 Å². The number of nitrogens with one attached hydrogen (secondary N) is 1.